The van der Waals surface area contributed by atoms with Gasteiger partial charge in [0.05, 0.1) is 25.0 Å². The topological polar surface area (TPSA) is 76.5 Å². The molecule has 2 amide bonds. The molecule has 1 atom stereocenters. The Morgan fingerprint density at radius 2 is 2.15 bits per heavy atom. The second-order valence-electron chi connectivity index (χ2n) is 7.08. The van der Waals surface area contributed by atoms with Crippen molar-refractivity contribution in [1.82, 2.24) is 15.1 Å². The fraction of sp³-hybridized carbons (Fsp3) is 0.450. The Labute approximate surface area is 158 Å². The summed E-state index contributed by atoms with van der Waals surface area (Å²) in [4.78, 5) is 25.0. The van der Waals surface area contributed by atoms with Crippen LogP contribution in [0.25, 0.3) is 11.3 Å². The third-order valence-corrected chi connectivity index (χ3v) is 5.22. The molecule has 142 valence electrons. The van der Waals surface area contributed by atoms with Gasteiger partial charge in [-0.1, -0.05) is 6.07 Å². The number of carbonyl (C=O) groups excluding carboxylic acids is 2. The van der Waals surface area contributed by atoms with Crippen LogP contribution in [0, 0.1) is 0 Å². The van der Waals surface area contributed by atoms with Crippen LogP contribution in [0.3, 0.4) is 0 Å². The molecule has 2 aliphatic rings. The normalized spacial score (nSPS) is 18.5. The smallest absolute Gasteiger partial charge is 0.414 e. The maximum absolute atomic E-state index is 12.3. The van der Waals surface area contributed by atoms with Crippen LogP contribution in [-0.4, -0.2) is 41.0 Å². The Balaban J connectivity index is 1.61. The van der Waals surface area contributed by atoms with Crippen LogP contribution in [0.1, 0.15) is 31.4 Å². The molecule has 27 heavy (non-hydrogen) atoms. The van der Waals surface area contributed by atoms with E-state index >= 15 is 0 Å². The number of nitrogens with zero attached hydrogens (tertiary/aromatic N) is 3. The van der Waals surface area contributed by atoms with E-state index in [1.54, 1.807) is 4.90 Å². The number of nitrogens with one attached hydrogen (secondary N) is 1. The van der Waals surface area contributed by atoms with E-state index in [4.69, 9.17) is 4.74 Å². The first-order valence-corrected chi connectivity index (χ1v) is 9.47. The second kappa shape index (κ2) is 7.06. The Kier molecular flexibility index (Phi) is 4.59. The molecule has 1 aliphatic carbocycles. The van der Waals surface area contributed by atoms with Crippen LogP contribution in [0.2, 0.25) is 0 Å². The van der Waals surface area contributed by atoms with Gasteiger partial charge in [-0.3, -0.25) is 14.4 Å². The molecule has 0 bridgehead atoms. The summed E-state index contributed by atoms with van der Waals surface area (Å²) in [6.07, 6.45) is 4.34. The number of fused-ring (bicyclic) bond motifs is 3. The van der Waals surface area contributed by atoms with Gasteiger partial charge < -0.3 is 10.1 Å². The molecule has 1 aliphatic heterocycles. The van der Waals surface area contributed by atoms with E-state index < -0.39 is 0 Å². The molecule has 2 heterocycles. The summed E-state index contributed by atoms with van der Waals surface area (Å²) in [6.45, 7) is 5.16. The molecule has 2 aromatic rings. The number of amides is 2. The molecule has 4 rings (SSSR count). The van der Waals surface area contributed by atoms with Crippen LogP contribution in [0.4, 0.5) is 10.5 Å². The van der Waals surface area contributed by atoms with Gasteiger partial charge in [0.25, 0.3) is 0 Å². The third kappa shape index (κ3) is 3.29. The summed E-state index contributed by atoms with van der Waals surface area (Å²) in [5.41, 5.74) is 5.77. The fourth-order valence-corrected chi connectivity index (χ4v) is 3.91. The number of carbonyl (C=O) groups is 2. The molecule has 1 aromatic carbocycles. The summed E-state index contributed by atoms with van der Waals surface area (Å²) in [5, 5.41) is 7.22. The van der Waals surface area contributed by atoms with Crippen molar-refractivity contribution >= 4 is 17.7 Å². The van der Waals surface area contributed by atoms with Gasteiger partial charge in [0, 0.05) is 24.7 Å². The standard InChI is InChI=1S/C20H24N4O3/c1-3-24-19-15(10-22-24)6-4-5-14-9-16(7-8-18(14)19)23-12-17(27-20(23)26)11-21-13(2)25/h7-10,17H,3-6,11-12H2,1-2H3,(H,21,25). The first-order chi connectivity index (χ1) is 13.1. The van der Waals surface area contributed by atoms with Gasteiger partial charge in [0.1, 0.15) is 6.10 Å². The first-order valence-electron chi connectivity index (χ1n) is 9.47. The lowest BCUT2D eigenvalue weighted by Gasteiger charge is -2.17. The molecule has 7 heteroatoms. The SMILES string of the molecule is CCn1ncc2c1-c1ccc(N3CC(CNC(C)=O)OC3=O)cc1CCC2. The lowest BCUT2D eigenvalue weighted by Crippen LogP contribution is -2.33. The zero-order chi connectivity index (χ0) is 19.0. The molecule has 7 nitrogen and oxygen atoms in total. The largest absolute Gasteiger partial charge is 0.442 e. The van der Waals surface area contributed by atoms with E-state index in [2.05, 4.69) is 29.5 Å². The third-order valence-electron chi connectivity index (χ3n) is 5.22. The molecule has 0 saturated carbocycles. The quantitative estimate of drug-likeness (QED) is 0.900. The predicted octanol–water partition coefficient (Wildman–Crippen LogP) is 2.52. The van der Waals surface area contributed by atoms with Gasteiger partial charge in [-0.2, -0.15) is 5.10 Å². The number of rotatable bonds is 4. The van der Waals surface area contributed by atoms with E-state index in [9.17, 15) is 9.59 Å². The summed E-state index contributed by atoms with van der Waals surface area (Å²) < 4.78 is 7.43. The van der Waals surface area contributed by atoms with Crippen molar-refractivity contribution in [2.45, 2.75) is 45.8 Å². The zero-order valence-corrected chi connectivity index (χ0v) is 15.7. The fourth-order valence-electron chi connectivity index (χ4n) is 3.91. The molecular weight excluding hydrogens is 344 g/mol. The minimum atomic E-state index is -0.363. The highest BCUT2D eigenvalue weighted by Gasteiger charge is 2.33. The van der Waals surface area contributed by atoms with Crippen molar-refractivity contribution in [2.75, 3.05) is 18.0 Å². The van der Waals surface area contributed by atoms with Crippen LogP contribution >= 0.6 is 0 Å². The minimum absolute atomic E-state index is 0.127. The van der Waals surface area contributed by atoms with Crippen LogP contribution in [-0.2, 0) is 28.9 Å². The zero-order valence-electron chi connectivity index (χ0n) is 15.7. The lowest BCUT2D eigenvalue weighted by atomic mass is 10.0. The van der Waals surface area contributed by atoms with Crippen molar-refractivity contribution < 1.29 is 14.3 Å². The molecule has 0 spiro atoms. The molecule has 1 aromatic heterocycles. The highest BCUT2D eigenvalue weighted by molar-refractivity contribution is 5.90. The van der Waals surface area contributed by atoms with Crippen molar-refractivity contribution in [3.8, 4) is 11.3 Å². The maximum Gasteiger partial charge on any atom is 0.414 e. The number of benzene rings is 1. The van der Waals surface area contributed by atoms with E-state index in [0.717, 1.165) is 31.5 Å². The number of ether oxygens (including phenoxy) is 1. The first kappa shape index (κ1) is 17.6. The van der Waals surface area contributed by atoms with Gasteiger partial charge in [-0.05, 0) is 49.4 Å². The number of aromatic nitrogens is 2. The molecular formula is C20H24N4O3. The van der Waals surface area contributed by atoms with E-state index in [1.807, 2.05) is 16.9 Å². The molecule has 1 fully saturated rings. The highest BCUT2D eigenvalue weighted by atomic mass is 16.6. The summed E-state index contributed by atoms with van der Waals surface area (Å²) >= 11 is 0. The Bertz CT molecular complexity index is 889. The van der Waals surface area contributed by atoms with Crippen LogP contribution < -0.4 is 10.2 Å². The average molecular weight is 368 g/mol. The van der Waals surface area contributed by atoms with Crippen molar-refractivity contribution in [3.63, 3.8) is 0 Å². The number of hydrogen-bond acceptors (Lipinski definition) is 4. The lowest BCUT2D eigenvalue weighted by molar-refractivity contribution is -0.119. The Hall–Kier alpha value is -2.83. The summed E-state index contributed by atoms with van der Waals surface area (Å²) in [7, 11) is 0. The molecule has 1 N–H and O–H groups in total. The summed E-state index contributed by atoms with van der Waals surface area (Å²) in [6, 6.07) is 6.17. The molecule has 1 saturated heterocycles. The monoisotopic (exact) mass is 368 g/mol. The average Bonchev–Trinajstić information content (AvgIpc) is 3.18. The number of cyclic esters (lactones) is 1. The van der Waals surface area contributed by atoms with Gasteiger partial charge in [-0.15, -0.1) is 0 Å². The van der Waals surface area contributed by atoms with Crippen molar-refractivity contribution in [1.29, 1.82) is 0 Å². The molecule has 0 radical (unpaired) electrons. The van der Waals surface area contributed by atoms with Gasteiger partial charge in [0.2, 0.25) is 5.91 Å². The highest BCUT2D eigenvalue weighted by Crippen LogP contribution is 2.35. The Morgan fingerprint density at radius 3 is 2.93 bits per heavy atom. The van der Waals surface area contributed by atoms with Crippen LogP contribution in [0.15, 0.2) is 24.4 Å². The number of hydrogen-bond donors (Lipinski definition) is 1. The van der Waals surface area contributed by atoms with Gasteiger partial charge in [0.15, 0.2) is 0 Å². The maximum atomic E-state index is 12.3. The Morgan fingerprint density at radius 1 is 1.33 bits per heavy atom. The van der Waals surface area contributed by atoms with E-state index in [0.29, 0.717) is 13.1 Å². The molecule has 1 unspecified atom stereocenters. The predicted molar refractivity (Wildman–Crippen MR) is 102 cm³/mol. The van der Waals surface area contributed by atoms with Crippen molar-refractivity contribution in [2.24, 2.45) is 0 Å². The number of aryl methyl sites for hydroxylation is 3. The second-order valence-corrected chi connectivity index (χ2v) is 7.08. The van der Waals surface area contributed by atoms with Crippen molar-refractivity contribution in [3.05, 3.63) is 35.5 Å². The van der Waals surface area contributed by atoms with Crippen LogP contribution in [0.5, 0.6) is 0 Å². The van der Waals surface area contributed by atoms with Gasteiger partial charge >= 0.3 is 6.09 Å². The summed E-state index contributed by atoms with van der Waals surface area (Å²) in [5.74, 6) is -0.127. The number of anilines is 1. The van der Waals surface area contributed by atoms with E-state index in [1.165, 1.54) is 29.3 Å². The van der Waals surface area contributed by atoms with E-state index in [-0.39, 0.29) is 18.1 Å². The van der Waals surface area contributed by atoms with Gasteiger partial charge in [-0.25, -0.2) is 4.79 Å². The minimum Gasteiger partial charge on any atom is -0.442 e.